The van der Waals surface area contributed by atoms with Crippen molar-refractivity contribution in [2.75, 3.05) is 12.4 Å². The molecule has 1 aliphatic rings. The Labute approximate surface area is 187 Å². The summed E-state index contributed by atoms with van der Waals surface area (Å²) in [5.74, 6) is 0.497. The lowest BCUT2D eigenvalue weighted by molar-refractivity contribution is -0.137. The molecule has 0 bridgehead atoms. The summed E-state index contributed by atoms with van der Waals surface area (Å²) in [4.78, 5) is 12.4. The summed E-state index contributed by atoms with van der Waals surface area (Å²) in [7, 11) is 1.50. The number of nitrogens with one attached hydrogen (secondary N) is 1. The zero-order chi connectivity index (χ0) is 22.9. The number of methoxy groups -OCH3 is 1. The van der Waals surface area contributed by atoms with Gasteiger partial charge in [0.1, 0.15) is 6.61 Å². The van der Waals surface area contributed by atoms with Crippen LogP contribution in [0.5, 0.6) is 11.5 Å². The molecule has 0 saturated heterocycles. The lowest BCUT2D eigenvalue weighted by Crippen LogP contribution is -2.06. The number of halogens is 4. The van der Waals surface area contributed by atoms with E-state index >= 15 is 0 Å². The second-order valence-electron chi connectivity index (χ2n) is 7.10. The highest BCUT2D eigenvalue weighted by atomic mass is 35.5. The van der Waals surface area contributed by atoms with Crippen LogP contribution in [-0.2, 0) is 17.6 Å². The third-order valence-electron chi connectivity index (χ3n) is 4.94. The van der Waals surface area contributed by atoms with Gasteiger partial charge in [0.05, 0.1) is 12.7 Å². The monoisotopic (exact) mass is 459 g/mol. The van der Waals surface area contributed by atoms with E-state index < -0.39 is 17.6 Å². The van der Waals surface area contributed by atoms with Gasteiger partial charge in [-0.3, -0.25) is 4.79 Å². The Morgan fingerprint density at radius 3 is 2.44 bits per heavy atom. The summed E-state index contributed by atoms with van der Waals surface area (Å²) >= 11 is 5.89. The number of carbonyl (C=O) groups is 1. The van der Waals surface area contributed by atoms with Gasteiger partial charge in [0.15, 0.2) is 11.5 Å². The molecule has 3 aromatic rings. The van der Waals surface area contributed by atoms with E-state index in [0.717, 1.165) is 17.7 Å². The number of fused-ring (bicyclic) bond motifs is 1. The predicted molar refractivity (Wildman–Crippen MR) is 117 cm³/mol. The molecule has 4 rings (SSSR count). The number of rotatable bonds is 5. The summed E-state index contributed by atoms with van der Waals surface area (Å²) < 4.78 is 50.1. The van der Waals surface area contributed by atoms with Crippen LogP contribution in [0, 0.1) is 0 Å². The second-order valence-corrected chi connectivity index (χ2v) is 7.53. The summed E-state index contributed by atoms with van der Waals surface area (Å²) in [6.45, 7) is 0.311. The maximum Gasteiger partial charge on any atom is 0.416 e. The number of alkyl halides is 3. The highest BCUT2D eigenvalue weighted by Gasteiger charge is 2.33. The smallest absolute Gasteiger partial charge is 0.416 e. The molecule has 32 heavy (non-hydrogen) atoms. The van der Waals surface area contributed by atoms with Gasteiger partial charge >= 0.3 is 6.18 Å². The molecule has 0 radical (unpaired) electrons. The van der Waals surface area contributed by atoms with Crippen molar-refractivity contribution in [3.8, 4) is 11.5 Å². The average Bonchev–Trinajstić information content (AvgIpc) is 3.07. The van der Waals surface area contributed by atoms with Gasteiger partial charge in [0.25, 0.3) is 5.91 Å². The summed E-state index contributed by atoms with van der Waals surface area (Å²) in [6.07, 6.45) is -2.89. The van der Waals surface area contributed by atoms with Crippen LogP contribution in [0.3, 0.4) is 0 Å². The first-order valence-electron chi connectivity index (χ1n) is 9.54. The van der Waals surface area contributed by atoms with E-state index in [-0.39, 0.29) is 11.3 Å². The zero-order valence-electron chi connectivity index (χ0n) is 16.8. The lowest BCUT2D eigenvalue weighted by Gasteiger charge is -2.12. The van der Waals surface area contributed by atoms with Crippen LogP contribution in [0.4, 0.5) is 18.9 Å². The molecule has 1 heterocycles. The molecule has 164 valence electrons. The molecule has 1 N–H and O–H groups in total. The van der Waals surface area contributed by atoms with Crippen LogP contribution < -0.4 is 14.8 Å². The standard InChI is InChI=1S/C24H17ClF3NO3/c1-31-22-11-15(4-9-21(22)32-13-14-2-6-17(25)7-3-14)10-19-18-8-5-16(24(26,27)28)12-20(18)29-23(19)30/h2-12H,13H2,1H3,(H,29,30)/b19-10+. The van der Waals surface area contributed by atoms with Gasteiger partial charge in [-0.1, -0.05) is 35.9 Å². The summed E-state index contributed by atoms with van der Waals surface area (Å²) in [6, 6.07) is 15.6. The van der Waals surface area contributed by atoms with Gasteiger partial charge in [-0.05, 0) is 53.6 Å². The van der Waals surface area contributed by atoms with Crippen molar-refractivity contribution in [1.82, 2.24) is 0 Å². The van der Waals surface area contributed by atoms with Crippen LogP contribution >= 0.6 is 11.6 Å². The van der Waals surface area contributed by atoms with Crippen LogP contribution in [-0.4, -0.2) is 13.0 Å². The molecular weight excluding hydrogens is 443 g/mol. The van der Waals surface area contributed by atoms with Crippen LogP contribution in [0.25, 0.3) is 11.6 Å². The normalized spacial score (nSPS) is 14.3. The van der Waals surface area contributed by atoms with Crippen molar-refractivity contribution >= 4 is 34.8 Å². The minimum Gasteiger partial charge on any atom is -0.493 e. The molecular formula is C24H17ClF3NO3. The number of hydrogen-bond donors (Lipinski definition) is 1. The topological polar surface area (TPSA) is 47.6 Å². The first kappa shape index (κ1) is 21.8. The number of anilines is 1. The zero-order valence-corrected chi connectivity index (χ0v) is 17.6. The maximum absolute atomic E-state index is 12.9. The molecule has 0 aromatic heterocycles. The molecule has 8 heteroatoms. The fourth-order valence-electron chi connectivity index (χ4n) is 3.32. The Kier molecular flexibility index (Phi) is 5.84. The van der Waals surface area contributed by atoms with Crippen molar-refractivity contribution in [3.05, 3.63) is 87.9 Å². The van der Waals surface area contributed by atoms with Gasteiger partial charge in [0.2, 0.25) is 0 Å². The van der Waals surface area contributed by atoms with E-state index in [1.165, 1.54) is 13.2 Å². The molecule has 0 unspecified atom stereocenters. The number of amides is 1. The molecule has 0 spiro atoms. The van der Waals surface area contributed by atoms with Crippen LogP contribution in [0.15, 0.2) is 60.7 Å². The fourth-order valence-corrected chi connectivity index (χ4v) is 3.44. The SMILES string of the molecule is COc1cc(/C=C2/C(=O)Nc3cc(C(F)(F)F)ccc32)ccc1OCc1ccc(Cl)cc1. The van der Waals surface area contributed by atoms with E-state index in [4.69, 9.17) is 21.1 Å². The number of ether oxygens (including phenoxy) is 2. The van der Waals surface area contributed by atoms with Crippen molar-refractivity contribution in [2.24, 2.45) is 0 Å². The Hall–Kier alpha value is -3.45. The second kappa shape index (κ2) is 8.59. The minimum atomic E-state index is -4.48. The van der Waals surface area contributed by atoms with Gasteiger partial charge in [-0.15, -0.1) is 0 Å². The Morgan fingerprint density at radius 1 is 1.00 bits per heavy atom. The van der Waals surface area contributed by atoms with Crippen LogP contribution in [0.1, 0.15) is 22.3 Å². The quantitative estimate of drug-likeness (QED) is 0.447. The minimum absolute atomic E-state index is 0.131. The van der Waals surface area contributed by atoms with E-state index in [0.29, 0.717) is 34.3 Å². The fraction of sp³-hybridized carbons (Fsp3) is 0.125. The van der Waals surface area contributed by atoms with E-state index in [1.807, 2.05) is 12.1 Å². The van der Waals surface area contributed by atoms with Crippen molar-refractivity contribution in [3.63, 3.8) is 0 Å². The van der Waals surface area contributed by atoms with Gasteiger partial charge in [-0.2, -0.15) is 13.2 Å². The molecule has 0 saturated carbocycles. The predicted octanol–water partition coefficient (Wildman–Crippen LogP) is 6.44. The first-order chi connectivity index (χ1) is 15.2. The average molecular weight is 460 g/mol. The maximum atomic E-state index is 12.9. The number of benzene rings is 3. The van der Waals surface area contributed by atoms with E-state index in [9.17, 15) is 18.0 Å². The molecule has 0 aliphatic carbocycles. The molecule has 3 aromatic carbocycles. The van der Waals surface area contributed by atoms with Crippen LogP contribution in [0.2, 0.25) is 5.02 Å². The first-order valence-corrected chi connectivity index (χ1v) is 9.92. The lowest BCUT2D eigenvalue weighted by atomic mass is 10.0. The van der Waals surface area contributed by atoms with Crippen molar-refractivity contribution in [1.29, 1.82) is 0 Å². The van der Waals surface area contributed by atoms with Gasteiger partial charge in [0, 0.05) is 21.8 Å². The Morgan fingerprint density at radius 2 is 1.75 bits per heavy atom. The highest BCUT2D eigenvalue weighted by molar-refractivity contribution is 6.35. The largest absolute Gasteiger partial charge is 0.493 e. The van der Waals surface area contributed by atoms with Gasteiger partial charge < -0.3 is 14.8 Å². The highest BCUT2D eigenvalue weighted by Crippen LogP contribution is 2.39. The molecule has 1 aliphatic heterocycles. The van der Waals surface area contributed by atoms with Crippen molar-refractivity contribution in [2.45, 2.75) is 12.8 Å². The number of hydrogen-bond acceptors (Lipinski definition) is 3. The number of carbonyl (C=O) groups excluding carboxylic acids is 1. The summed E-state index contributed by atoms with van der Waals surface area (Å²) in [5, 5.41) is 3.13. The Balaban J connectivity index is 1.58. The molecule has 0 atom stereocenters. The molecule has 1 amide bonds. The third-order valence-corrected chi connectivity index (χ3v) is 5.19. The Bertz CT molecular complexity index is 1200. The summed E-state index contributed by atoms with van der Waals surface area (Å²) in [5.41, 5.74) is 1.56. The van der Waals surface area contributed by atoms with E-state index in [1.54, 1.807) is 36.4 Å². The third kappa shape index (κ3) is 4.57. The van der Waals surface area contributed by atoms with E-state index in [2.05, 4.69) is 5.32 Å². The molecule has 4 nitrogen and oxygen atoms in total. The van der Waals surface area contributed by atoms with Crippen molar-refractivity contribution < 1.29 is 27.4 Å². The van der Waals surface area contributed by atoms with Gasteiger partial charge in [-0.25, -0.2) is 0 Å². The molecule has 0 fully saturated rings.